The van der Waals surface area contributed by atoms with E-state index in [1.54, 1.807) is 0 Å². The minimum absolute atomic E-state index is 0.174. The Morgan fingerprint density at radius 3 is 2.53 bits per heavy atom. The summed E-state index contributed by atoms with van der Waals surface area (Å²) in [6.07, 6.45) is 0.967. The molecule has 0 amide bonds. The minimum Gasteiger partial charge on any atom is -0.314 e. The van der Waals surface area contributed by atoms with Gasteiger partial charge >= 0.3 is 0 Å². The Kier molecular flexibility index (Phi) is 4.53. The first-order chi connectivity index (χ1) is 9.00. The molecule has 1 heterocycles. The molecule has 0 saturated carbocycles. The van der Waals surface area contributed by atoms with Crippen LogP contribution in [0.3, 0.4) is 0 Å². The van der Waals surface area contributed by atoms with Gasteiger partial charge in [0.2, 0.25) is 0 Å². The summed E-state index contributed by atoms with van der Waals surface area (Å²) in [6, 6.07) is 4.32. The standard InChI is InChI=1S/C15H22F2N2/c1-10(2)18-9-11-7-8-19(3)15(11)14-12(16)5-4-6-13(14)17/h4-6,10-11,15,18H,7-9H2,1-3H3. The molecule has 2 nitrogen and oxygen atoms in total. The van der Waals surface area contributed by atoms with Crippen LogP contribution < -0.4 is 5.32 Å². The van der Waals surface area contributed by atoms with Crippen LogP contribution in [0, 0.1) is 17.6 Å². The predicted octanol–water partition coefficient (Wildman–Crippen LogP) is 2.96. The first-order valence-electron chi connectivity index (χ1n) is 6.88. The van der Waals surface area contributed by atoms with Crippen molar-refractivity contribution < 1.29 is 8.78 Å². The first-order valence-corrected chi connectivity index (χ1v) is 6.88. The Morgan fingerprint density at radius 2 is 1.95 bits per heavy atom. The summed E-state index contributed by atoms with van der Waals surface area (Å²) in [5, 5.41) is 3.38. The Hall–Kier alpha value is -1.00. The van der Waals surface area contributed by atoms with E-state index in [9.17, 15) is 8.78 Å². The molecular formula is C15H22F2N2. The largest absolute Gasteiger partial charge is 0.314 e. The highest BCUT2D eigenvalue weighted by atomic mass is 19.1. The number of hydrogen-bond acceptors (Lipinski definition) is 2. The molecule has 2 unspecified atom stereocenters. The van der Waals surface area contributed by atoms with E-state index >= 15 is 0 Å². The lowest BCUT2D eigenvalue weighted by Crippen LogP contribution is -2.33. The van der Waals surface area contributed by atoms with Crippen LogP contribution in [0.5, 0.6) is 0 Å². The molecule has 4 heteroatoms. The van der Waals surface area contributed by atoms with Crippen molar-refractivity contribution in [3.63, 3.8) is 0 Å². The zero-order chi connectivity index (χ0) is 14.0. The van der Waals surface area contributed by atoms with Crippen LogP contribution in [-0.4, -0.2) is 31.1 Å². The van der Waals surface area contributed by atoms with Crippen LogP contribution >= 0.6 is 0 Å². The Balaban J connectivity index is 2.24. The van der Waals surface area contributed by atoms with Crippen molar-refractivity contribution in [1.82, 2.24) is 10.2 Å². The monoisotopic (exact) mass is 268 g/mol. The zero-order valence-corrected chi connectivity index (χ0v) is 11.8. The summed E-state index contributed by atoms with van der Waals surface area (Å²) in [4.78, 5) is 2.05. The molecule has 1 aromatic carbocycles. The average molecular weight is 268 g/mol. The molecule has 1 aliphatic heterocycles. The smallest absolute Gasteiger partial charge is 0.130 e. The van der Waals surface area contributed by atoms with Gasteiger partial charge in [-0.3, -0.25) is 4.90 Å². The summed E-state index contributed by atoms with van der Waals surface area (Å²) < 4.78 is 27.9. The van der Waals surface area contributed by atoms with Gasteiger partial charge in [-0.25, -0.2) is 8.78 Å². The molecule has 0 aromatic heterocycles. The van der Waals surface area contributed by atoms with Crippen molar-refractivity contribution in [1.29, 1.82) is 0 Å². The molecule has 19 heavy (non-hydrogen) atoms. The van der Waals surface area contributed by atoms with Crippen molar-refractivity contribution in [2.45, 2.75) is 32.4 Å². The van der Waals surface area contributed by atoms with E-state index in [-0.39, 0.29) is 17.5 Å². The number of nitrogens with one attached hydrogen (secondary N) is 1. The summed E-state index contributed by atoms with van der Waals surface area (Å²) in [5.74, 6) is -0.625. The SMILES string of the molecule is CC(C)NCC1CCN(C)C1c1c(F)cccc1F. The molecular weight excluding hydrogens is 246 g/mol. The normalized spacial score (nSPS) is 24.3. The number of likely N-dealkylation sites (tertiary alicyclic amines) is 1. The van der Waals surface area contributed by atoms with Gasteiger partial charge in [0, 0.05) is 24.2 Å². The highest BCUT2D eigenvalue weighted by Crippen LogP contribution is 2.38. The lowest BCUT2D eigenvalue weighted by Gasteiger charge is -2.27. The van der Waals surface area contributed by atoms with E-state index in [1.807, 2.05) is 11.9 Å². The Bertz CT molecular complexity index is 414. The van der Waals surface area contributed by atoms with Crippen LogP contribution in [0.4, 0.5) is 8.78 Å². The van der Waals surface area contributed by atoms with Gasteiger partial charge in [-0.2, -0.15) is 0 Å². The molecule has 1 saturated heterocycles. The number of rotatable bonds is 4. The number of halogens is 2. The molecule has 2 atom stereocenters. The maximum absolute atomic E-state index is 14.0. The van der Waals surface area contributed by atoms with E-state index in [4.69, 9.17) is 0 Å². The highest BCUT2D eigenvalue weighted by Gasteiger charge is 2.36. The third-order valence-electron chi connectivity index (χ3n) is 3.86. The van der Waals surface area contributed by atoms with E-state index in [1.165, 1.54) is 18.2 Å². The summed E-state index contributed by atoms with van der Waals surface area (Å²) >= 11 is 0. The number of benzene rings is 1. The summed E-state index contributed by atoms with van der Waals surface area (Å²) in [6.45, 7) is 5.83. The predicted molar refractivity (Wildman–Crippen MR) is 73.0 cm³/mol. The van der Waals surface area contributed by atoms with Crippen molar-refractivity contribution in [2.75, 3.05) is 20.1 Å². The van der Waals surface area contributed by atoms with Crippen LogP contribution in [0.15, 0.2) is 18.2 Å². The first kappa shape index (κ1) is 14.4. The lowest BCUT2D eigenvalue weighted by molar-refractivity contribution is 0.255. The van der Waals surface area contributed by atoms with Gasteiger partial charge in [0.05, 0.1) is 0 Å². The topological polar surface area (TPSA) is 15.3 Å². The average Bonchev–Trinajstić information content (AvgIpc) is 2.69. The van der Waals surface area contributed by atoms with Crippen LogP contribution in [0.2, 0.25) is 0 Å². The molecule has 106 valence electrons. The summed E-state index contributed by atoms with van der Waals surface area (Å²) in [5.41, 5.74) is 0.220. The molecule has 1 N–H and O–H groups in total. The molecule has 1 aromatic rings. The van der Waals surface area contributed by atoms with E-state index in [0.717, 1.165) is 19.5 Å². The van der Waals surface area contributed by atoms with E-state index in [2.05, 4.69) is 19.2 Å². The maximum atomic E-state index is 14.0. The van der Waals surface area contributed by atoms with Crippen molar-refractivity contribution >= 4 is 0 Å². The molecule has 0 radical (unpaired) electrons. The Morgan fingerprint density at radius 1 is 1.32 bits per heavy atom. The third kappa shape index (κ3) is 3.12. The molecule has 0 spiro atoms. The van der Waals surface area contributed by atoms with Crippen LogP contribution in [0.25, 0.3) is 0 Å². The quantitative estimate of drug-likeness (QED) is 0.903. The minimum atomic E-state index is -0.437. The van der Waals surface area contributed by atoms with Crippen molar-refractivity contribution in [3.8, 4) is 0 Å². The second-order valence-corrected chi connectivity index (χ2v) is 5.67. The van der Waals surface area contributed by atoms with E-state index in [0.29, 0.717) is 6.04 Å². The fourth-order valence-corrected chi connectivity index (χ4v) is 2.88. The second kappa shape index (κ2) is 5.97. The van der Waals surface area contributed by atoms with Crippen LogP contribution in [0.1, 0.15) is 31.9 Å². The van der Waals surface area contributed by atoms with Crippen molar-refractivity contribution in [2.24, 2.45) is 5.92 Å². The molecule has 0 bridgehead atoms. The molecule has 1 aliphatic rings. The lowest BCUT2D eigenvalue weighted by atomic mass is 9.92. The maximum Gasteiger partial charge on any atom is 0.130 e. The van der Waals surface area contributed by atoms with Gasteiger partial charge in [-0.1, -0.05) is 19.9 Å². The molecule has 2 rings (SSSR count). The molecule has 1 fully saturated rings. The third-order valence-corrected chi connectivity index (χ3v) is 3.86. The van der Waals surface area contributed by atoms with Crippen LogP contribution in [-0.2, 0) is 0 Å². The van der Waals surface area contributed by atoms with Gasteiger partial charge in [-0.05, 0) is 38.1 Å². The van der Waals surface area contributed by atoms with Gasteiger partial charge in [0.15, 0.2) is 0 Å². The number of nitrogens with zero attached hydrogens (tertiary/aromatic N) is 1. The highest BCUT2D eigenvalue weighted by molar-refractivity contribution is 5.25. The van der Waals surface area contributed by atoms with E-state index < -0.39 is 11.6 Å². The van der Waals surface area contributed by atoms with Crippen molar-refractivity contribution in [3.05, 3.63) is 35.4 Å². The second-order valence-electron chi connectivity index (χ2n) is 5.67. The Labute approximate surface area is 113 Å². The fraction of sp³-hybridized carbons (Fsp3) is 0.600. The zero-order valence-electron chi connectivity index (χ0n) is 11.8. The van der Waals surface area contributed by atoms with Gasteiger partial charge in [0.1, 0.15) is 11.6 Å². The van der Waals surface area contributed by atoms with Gasteiger partial charge in [0.25, 0.3) is 0 Å². The van der Waals surface area contributed by atoms with Gasteiger partial charge < -0.3 is 5.32 Å². The fourth-order valence-electron chi connectivity index (χ4n) is 2.88. The summed E-state index contributed by atoms with van der Waals surface area (Å²) in [7, 11) is 1.94. The van der Waals surface area contributed by atoms with Gasteiger partial charge in [-0.15, -0.1) is 0 Å². The number of hydrogen-bond donors (Lipinski definition) is 1. The molecule has 0 aliphatic carbocycles.